The largest absolute Gasteiger partial charge is 0.354 e. The van der Waals surface area contributed by atoms with Gasteiger partial charge in [0.25, 0.3) is 5.91 Å². The number of nitrogens with two attached hydrogens (primary N) is 1. The average Bonchev–Trinajstić information content (AvgIpc) is 2.40. The number of rotatable bonds is 5. The molecule has 21 heavy (non-hydrogen) atoms. The molecule has 1 rings (SSSR count). The molecule has 0 saturated carbocycles. The van der Waals surface area contributed by atoms with Gasteiger partial charge in [0.05, 0.1) is 12.1 Å². The van der Waals surface area contributed by atoms with Crippen molar-refractivity contribution in [2.45, 2.75) is 46.1 Å². The molecule has 1 atom stereocenters. The van der Waals surface area contributed by atoms with Crippen molar-refractivity contribution in [3.8, 4) is 0 Å². The van der Waals surface area contributed by atoms with Crippen LogP contribution >= 0.6 is 0 Å². The number of benzene rings is 1. The molecule has 116 valence electrons. The molecule has 0 aliphatic carbocycles. The topological polar surface area (TPSA) is 76.7 Å². The Kier molecular flexibility index (Phi) is 6.05. The summed E-state index contributed by atoms with van der Waals surface area (Å²) in [7, 11) is 1.55. The highest BCUT2D eigenvalue weighted by molar-refractivity contribution is 6.40. The maximum Gasteiger partial charge on any atom is 0.269 e. The van der Waals surface area contributed by atoms with Gasteiger partial charge in [0.2, 0.25) is 0 Å². The first kappa shape index (κ1) is 17.3. The minimum atomic E-state index is -0.857. The third kappa shape index (κ3) is 6.06. The van der Waals surface area contributed by atoms with Gasteiger partial charge in [-0.25, -0.2) is 0 Å². The Hall–Kier alpha value is -1.72. The summed E-state index contributed by atoms with van der Waals surface area (Å²) >= 11 is 0. The van der Waals surface area contributed by atoms with Crippen LogP contribution in [0.15, 0.2) is 29.3 Å². The van der Waals surface area contributed by atoms with Crippen LogP contribution in [0.3, 0.4) is 0 Å². The van der Waals surface area contributed by atoms with Crippen LogP contribution in [0, 0.1) is 6.92 Å². The van der Waals surface area contributed by atoms with E-state index in [1.807, 2.05) is 52.0 Å². The second kappa shape index (κ2) is 7.33. The molecule has 0 aliphatic heterocycles. The lowest BCUT2D eigenvalue weighted by Gasteiger charge is -2.20. The quantitative estimate of drug-likeness (QED) is 0.641. The number of carbonyl (C=O) groups excluding carboxylic acids is 1. The molecule has 0 radical (unpaired) electrons. The molecule has 1 amide bonds. The first-order valence-corrected chi connectivity index (χ1v) is 6.97. The van der Waals surface area contributed by atoms with E-state index in [1.54, 1.807) is 7.05 Å². The van der Waals surface area contributed by atoms with Crippen molar-refractivity contribution in [2.75, 3.05) is 7.05 Å². The molecule has 1 aromatic rings. The third-order valence-corrected chi connectivity index (χ3v) is 2.70. The Balaban J connectivity index is 2.80. The zero-order valence-corrected chi connectivity index (χ0v) is 13.4. The van der Waals surface area contributed by atoms with E-state index in [0.29, 0.717) is 6.61 Å². The summed E-state index contributed by atoms with van der Waals surface area (Å²) < 4.78 is 5.60. The number of nitrogens with zero attached hydrogens (tertiary/aromatic N) is 1. The van der Waals surface area contributed by atoms with Gasteiger partial charge >= 0.3 is 0 Å². The summed E-state index contributed by atoms with van der Waals surface area (Å²) in [5.41, 5.74) is 7.95. The van der Waals surface area contributed by atoms with E-state index in [0.717, 1.165) is 11.1 Å². The Morgan fingerprint density at radius 3 is 2.62 bits per heavy atom. The average molecular weight is 291 g/mol. The number of nitrogens with one attached hydrogen (secondary N) is 1. The zero-order valence-electron chi connectivity index (χ0n) is 13.4. The van der Waals surface area contributed by atoms with Gasteiger partial charge in [0, 0.05) is 7.05 Å². The minimum Gasteiger partial charge on any atom is -0.354 e. The van der Waals surface area contributed by atoms with Crippen LogP contribution in [0.5, 0.6) is 0 Å². The monoisotopic (exact) mass is 291 g/mol. The molecule has 1 unspecified atom stereocenters. The smallest absolute Gasteiger partial charge is 0.269 e. The van der Waals surface area contributed by atoms with Gasteiger partial charge in [-0.15, -0.1) is 0 Å². The van der Waals surface area contributed by atoms with Crippen molar-refractivity contribution < 1.29 is 9.53 Å². The van der Waals surface area contributed by atoms with Gasteiger partial charge < -0.3 is 15.8 Å². The molecule has 0 aliphatic rings. The molecular formula is C16H25N3O2. The zero-order chi connectivity index (χ0) is 16.0. The highest BCUT2D eigenvalue weighted by atomic mass is 16.5. The minimum absolute atomic E-state index is 0.206. The van der Waals surface area contributed by atoms with Crippen molar-refractivity contribution in [1.82, 2.24) is 5.32 Å². The fraction of sp³-hybridized carbons (Fsp3) is 0.500. The van der Waals surface area contributed by atoms with Crippen molar-refractivity contribution in [1.29, 1.82) is 0 Å². The van der Waals surface area contributed by atoms with Crippen LogP contribution in [0.1, 0.15) is 31.9 Å². The van der Waals surface area contributed by atoms with Crippen LogP contribution in [-0.4, -0.2) is 30.4 Å². The number of ether oxygens (including phenoxy) is 1. The van der Waals surface area contributed by atoms with Crippen molar-refractivity contribution in [3.05, 3.63) is 35.4 Å². The van der Waals surface area contributed by atoms with E-state index in [-0.39, 0.29) is 11.6 Å². The van der Waals surface area contributed by atoms with Crippen LogP contribution in [0.4, 0.5) is 0 Å². The van der Waals surface area contributed by atoms with E-state index in [1.165, 1.54) is 0 Å². The first-order valence-electron chi connectivity index (χ1n) is 6.97. The Labute approximate surface area is 126 Å². The van der Waals surface area contributed by atoms with Crippen molar-refractivity contribution >= 4 is 11.6 Å². The van der Waals surface area contributed by atoms with E-state index in [9.17, 15) is 4.79 Å². The Morgan fingerprint density at radius 2 is 2.10 bits per heavy atom. The summed E-state index contributed by atoms with van der Waals surface area (Å²) in [4.78, 5) is 16.3. The van der Waals surface area contributed by atoms with Crippen molar-refractivity contribution in [2.24, 2.45) is 10.7 Å². The van der Waals surface area contributed by atoms with Gasteiger partial charge in [-0.3, -0.25) is 9.79 Å². The summed E-state index contributed by atoms with van der Waals surface area (Å²) in [5, 5.41) is 2.55. The summed E-state index contributed by atoms with van der Waals surface area (Å²) in [6.07, 6.45) is -0.857. The standard InChI is InChI=1S/C16H25N3O2/c1-11-7-6-8-12(9-11)10-21-14(17)13(15(20)18-5)19-16(2,3)4/h6-9,14H,10,17H2,1-5H3,(H,18,20). The lowest BCUT2D eigenvalue weighted by molar-refractivity contribution is -0.115. The van der Waals surface area contributed by atoms with E-state index in [2.05, 4.69) is 10.3 Å². The number of hydrogen-bond donors (Lipinski definition) is 2. The second-order valence-electron chi connectivity index (χ2n) is 5.97. The molecule has 0 bridgehead atoms. The highest BCUT2D eigenvalue weighted by Gasteiger charge is 2.22. The molecule has 0 fully saturated rings. The second-order valence-corrected chi connectivity index (χ2v) is 5.97. The van der Waals surface area contributed by atoms with Crippen LogP contribution in [-0.2, 0) is 16.1 Å². The predicted molar refractivity (Wildman–Crippen MR) is 85.2 cm³/mol. The third-order valence-electron chi connectivity index (χ3n) is 2.70. The first-order chi connectivity index (χ1) is 9.73. The van der Waals surface area contributed by atoms with E-state index < -0.39 is 11.8 Å². The summed E-state index contributed by atoms with van der Waals surface area (Å²) in [5.74, 6) is -0.318. The number of hydrogen-bond acceptors (Lipinski definition) is 4. The molecular weight excluding hydrogens is 266 g/mol. The van der Waals surface area contributed by atoms with Gasteiger partial charge in [-0.2, -0.15) is 0 Å². The van der Waals surface area contributed by atoms with Crippen LogP contribution in [0.25, 0.3) is 0 Å². The number of aryl methyl sites for hydroxylation is 1. The maximum absolute atomic E-state index is 11.9. The summed E-state index contributed by atoms with van der Waals surface area (Å²) in [6.45, 7) is 8.07. The SMILES string of the molecule is CNC(=O)C(=NC(C)(C)C)C(N)OCc1cccc(C)c1. The lowest BCUT2D eigenvalue weighted by Crippen LogP contribution is -2.44. The number of carbonyl (C=O) groups is 1. The molecule has 0 spiro atoms. The highest BCUT2D eigenvalue weighted by Crippen LogP contribution is 2.10. The van der Waals surface area contributed by atoms with Gasteiger partial charge in [0.1, 0.15) is 5.71 Å². The van der Waals surface area contributed by atoms with Crippen molar-refractivity contribution in [3.63, 3.8) is 0 Å². The molecule has 0 aromatic heterocycles. The van der Waals surface area contributed by atoms with Gasteiger partial charge in [-0.1, -0.05) is 29.8 Å². The number of amides is 1. The molecule has 5 nitrogen and oxygen atoms in total. The van der Waals surface area contributed by atoms with Gasteiger partial charge in [-0.05, 0) is 33.3 Å². The predicted octanol–water partition coefficient (Wildman–Crippen LogP) is 1.78. The molecule has 0 heterocycles. The van der Waals surface area contributed by atoms with Crippen LogP contribution in [0.2, 0.25) is 0 Å². The van der Waals surface area contributed by atoms with Gasteiger partial charge in [0.15, 0.2) is 6.23 Å². The molecule has 0 saturated heterocycles. The Morgan fingerprint density at radius 1 is 1.43 bits per heavy atom. The Bertz CT molecular complexity index is 518. The lowest BCUT2D eigenvalue weighted by atomic mass is 10.1. The van der Waals surface area contributed by atoms with E-state index in [4.69, 9.17) is 10.5 Å². The molecule has 5 heteroatoms. The summed E-state index contributed by atoms with van der Waals surface area (Å²) in [6, 6.07) is 7.95. The molecule has 1 aromatic carbocycles. The fourth-order valence-electron chi connectivity index (χ4n) is 1.80. The normalized spacial score (nSPS) is 13.9. The maximum atomic E-state index is 11.9. The number of aliphatic imine (C=N–C) groups is 1. The van der Waals surface area contributed by atoms with Crippen LogP contribution < -0.4 is 11.1 Å². The molecule has 3 N–H and O–H groups in total. The van der Waals surface area contributed by atoms with E-state index >= 15 is 0 Å². The fourth-order valence-corrected chi connectivity index (χ4v) is 1.80.